The molecule has 1 aromatic rings. The number of hydrogen-bond donors (Lipinski definition) is 0. The number of hydrogen-bond acceptors (Lipinski definition) is 2. The molecule has 0 spiro atoms. The fourth-order valence-corrected chi connectivity index (χ4v) is 3.69. The fourth-order valence-electron chi connectivity index (χ4n) is 2.59. The second-order valence-corrected chi connectivity index (χ2v) is 7.68. The number of aryl methyl sites for hydroxylation is 1. The van der Waals surface area contributed by atoms with Gasteiger partial charge in [-0.3, -0.25) is 0 Å². The number of halogens is 1. The van der Waals surface area contributed by atoms with Crippen LogP contribution in [-0.4, -0.2) is 27.5 Å². The molecule has 0 saturated carbocycles. The van der Waals surface area contributed by atoms with Crippen LogP contribution < -0.4 is 4.74 Å². The maximum atomic E-state index is 6.20. The summed E-state index contributed by atoms with van der Waals surface area (Å²) < 4.78 is 11.7. The van der Waals surface area contributed by atoms with Gasteiger partial charge in [0.05, 0.1) is 6.10 Å². The lowest BCUT2D eigenvalue weighted by Crippen LogP contribution is -2.50. The van der Waals surface area contributed by atoms with E-state index in [2.05, 4.69) is 73.2 Å². The highest BCUT2D eigenvalue weighted by Gasteiger charge is 2.40. The molecule has 0 fully saturated rings. The summed E-state index contributed by atoms with van der Waals surface area (Å²) in [7, 11) is 3.21. The van der Waals surface area contributed by atoms with Crippen molar-refractivity contribution in [2.75, 3.05) is 5.33 Å². The molecule has 0 aromatic heterocycles. The molecule has 1 atom stereocenters. The van der Waals surface area contributed by atoms with Gasteiger partial charge in [0.1, 0.15) is 11.4 Å². The van der Waals surface area contributed by atoms with Crippen LogP contribution in [0.1, 0.15) is 40.2 Å². The zero-order valence-electron chi connectivity index (χ0n) is 13.0. The molecule has 1 unspecified atom stereocenters. The highest BCUT2D eigenvalue weighted by molar-refractivity contribution is 9.09. The van der Waals surface area contributed by atoms with Crippen LogP contribution in [0.2, 0.25) is 0 Å². The topological polar surface area (TPSA) is 18.5 Å². The Hall–Kier alpha value is -0.323. The van der Waals surface area contributed by atoms with E-state index < -0.39 is 5.60 Å². The van der Waals surface area contributed by atoms with Crippen LogP contribution in [0.5, 0.6) is 5.75 Å². The summed E-state index contributed by atoms with van der Waals surface area (Å²) in [4.78, 5) is 0. The number of benzene rings is 1. The van der Waals surface area contributed by atoms with E-state index in [0.717, 1.165) is 17.5 Å². The quantitative estimate of drug-likeness (QED) is 0.559. The SMILES string of the molecule is CC(C)(C)C(O[Si])C(C)(C)Oc1cccc(CCBr)c1. The van der Waals surface area contributed by atoms with E-state index in [1.54, 1.807) is 0 Å². The Morgan fingerprint density at radius 2 is 1.85 bits per heavy atom. The zero-order chi connectivity index (χ0) is 15.4. The Kier molecular flexibility index (Phi) is 6.29. The van der Waals surface area contributed by atoms with E-state index in [1.807, 2.05) is 12.1 Å². The van der Waals surface area contributed by atoms with E-state index in [9.17, 15) is 0 Å². The Morgan fingerprint density at radius 1 is 1.20 bits per heavy atom. The van der Waals surface area contributed by atoms with E-state index in [1.165, 1.54) is 5.56 Å². The Balaban J connectivity index is 2.92. The van der Waals surface area contributed by atoms with Gasteiger partial charge >= 0.3 is 0 Å². The molecular formula is C16H24BrO2Si. The Morgan fingerprint density at radius 3 is 2.35 bits per heavy atom. The van der Waals surface area contributed by atoms with E-state index in [0.29, 0.717) is 0 Å². The van der Waals surface area contributed by atoms with E-state index >= 15 is 0 Å². The van der Waals surface area contributed by atoms with Gasteiger partial charge in [0.15, 0.2) is 0 Å². The minimum absolute atomic E-state index is 0.0290. The molecule has 0 heterocycles. The lowest BCUT2D eigenvalue weighted by Gasteiger charge is -2.41. The van der Waals surface area contributed by atoms with Crippen molar-refractivity contribution < 1.29 is 9.16 Å². The molecule has 0 N–H and O–H groups in total. The monoisotopic (exact) mass is 355 g/mol. The van der Waals surface area contributed by atoms with Crippen LogP contribution in [0.3, 0.4) is 0 Å². The van der Waals surface area contributed by atoms with Crippen LogP contribution in [0, 0.1) is 5.41 Å². The van der Waals surface area contributed by atoms with E-state index in [-0.39, 0.29) is 11.5 Å². The first-order chi connectivity index (χ1) is 9.20. The van der Waals surface area contributed by atoms with Crippen molar-refractivity contribution in [3.8, 4) is 5.75 Å². The normalized spacial score (nSPS) is 14.2. The molecule has 4 heteroatoms. The van der Waals surface area contributed by atoms with Crippen LogP contribution in [0.15, 0.2) is 24.3 Å². The molecular weight excluding hydrogens is 332 g/mol. The van der Waals surface area contributed by atoms with Gasteiger partial charge in [-0.15, -0.1) is 0 Å². The maximum Gasteiger partial charge on any atom is 0.246 e. The maximum absolute atomic E-state index is 6.20. The third-order valence-corrected chi connectivity index (χ3v) is 3.83. The van der Waals surface area contributed by atoms with Crippen molar-refractivity contribution in [3.05, 3.63) is 29.8 Å². The molecule has 1 rings (SSSR count). The van der Waals surface area contributed by atoms with Crippen molar-refractivity contribution in [3.63, 3.8) is 0 Å². The first-order valence-electron chi connectivity index (χ1n) is 6.87. The largest absolute Gasteiger partial charge is 0.485 e. The Bertz CT molecular complexity index is 427. The molecule has 0 aliphatic rings. The highest BCUT2D eigenvalue weighted by Crippen LogP contribution is 2.33. The summed E-state index contributed by atoms with van der Waals surface area (Å²) in [5, 5.41) is 0.953. The molecule has 0 bridgehead atoms. The van der Waals surface area contributed by atoms with Crippen molar-refractivity contribution in [1.29, 1.82) is 0 Å². The molecule has 3 radical (unpaired) electrons. The molecule has 0 aliphatic carbocycles. The number of ether oxygens (including phenoxy) is 1. The van der Waals surface area contributed by atoms with Crippen LogP contribution >= 0.6 is 15.9 Å². The molecule has 2 nitrogen and oxygen atoms in total. The van der Waals surface area contributed by atoms with Crippen molar-refractivity contribution >= 4 is 26.4 Å². The predicted molar refractivity (Wildman–Crippen MR) is 88.7 cm³/mol. The van der Waals surface area contributed by atoms with Crippen molar-refractivity contribution in [2.45, 2.75) is 52.7 Å². The average molecular weight is 356 g/mol. The first-order valence-corrected chi connectivity index (χ1v) is 8.40. The molecule has 0 aliphatic heterocycles. The van der Waals surface area contributed by atoms with Crippen LogP contribution in [-0.2, 0) is 10.8 Å². The fraction of sp³-hybridized carbons (Fsp3) is 0.625. The lowest BCUT2D eigenvalue weighted by molar-refractivity contribution is -0.0641. The van der Waals surface area contributed by atoms with Gasteiger partial charge < -0.3 is 9.16 Å². The zero-order valence-corrected chi connectivity index (χ0v) is 15.6. The summed E-state index contributed by atoms with van der Waals surface area (Å²) in [6.45, 7) is 10.5. The summed E-state index contributed by atoms with van der Waals surface area (Å²) in [6, 6.07) is 8.23. The highest BCUT2D eigenvalue weighted by atomic mass is 79.9. The van der Waals surface area contributed by atoms with Crippen molar-refractivity contribution in [2.24, 2.45) is 5.41 Å². The Labute approximate surface area is 134 Å². The van der Waals surface area contributed by atoms with Crippen molar-refractivity contribution in [1.82, 2.24) is 0 Å². The molecule has 1 aromatic carbocycles. The minimum Gasteiger partial charge on any atom is -0.485 e. The van der Waals surface area contributed by atoms with Gasteiger partial charge in [-0.05, 0) is 43.4 Å². The number of rotatable bonds is 6. The van der Waals surface area contributed by atoms with Crippen LogP contribution in [0.4, 0.5) is 0 Å². The number of alkyl halides is 1. The average Bonchev–Trinajstić information content (AvgIpc) is 2.27. The molecule has 111 valence electrons. The van der Waals surface area contributed by atoms with Gasteiger partial charge in [0.25, 0.3) is 0 Å². The summed E-state index contributed by atoms with van der Waals surface area (Å²) in [6.07, 6.45) is 0.918. The summed E-state index contributed by atoms with van der Waals surface area (Å²) in [5.41, 5.74) is 0.799. The third kappa shape index (κ3) is 4.90. The standard InChI is InChI=1S/C16H24BrO2Si/c1-15(2,3)14(19-20)16(4,5)18-13-8-6-7-12(11-13)9-10-17/h6-8,11,14H,9-10H2,1-5H3. The third-order valence-electron chi connectivity index (χ3n) is 3.20. The van der Waals surface area contributed by atoms with Gasteiger partial charge in [0, 0.05) is 5.33 Å². The smallest absolute Gasteiger partial charge is 0.246 e. The lowest BCUT2D eigenvalue weighted by atomic mass is 9.80. The second-order valence-electron chi connectivity index (χ2n) is 6.66. The summed E-state index contributed by atoms with van der Waals surface area (Å²) >= 11 is 3.47. The minimum atomic E-state index is -0.437. The van der Waals surface area contributed by atoms with E-state index in [4.69, 9.17) is 9.16 Å². The summed E-state index contributed by atoms with van der Waals surface area (Å²) in [5.74, 6) is 0.881. The first kappa shape index (κ1) is 17.7. The predicted octanol–water partition coefficient (Wildman–Crippen LogP) is 4.30. The molecule has 20 heavy (non-hydrogen) atoms. The van der Waals surface area contributed by atoms with Gasteiger partial charge in [-0.25, -0.2) is 0 Å². The second kappa shape index (κ2) is 7.10. The van der Waals surface area contributed by atoms with Crippen LogP contribution in [0.25, 0.3) is 0 Å². The molecule has 0 saturated heterocycles. The van der Waals surface area contributed by atoms with Gasteiger partial charge in [0.2, 0.25) is 10.5 Å². The van der Waals surface area contributed by atoms with Gasteiger partial charge in [-0.1, -0.05) is 48.8 Å². The molecule has 0 amide bonds. The van der Waals surface area contributed by atoms with Gasteiger partial charge in [-0.2, -0.15) is 0 Å².